The molecule has 5 atom stereocenters. The Morgan fingerprint density at radius 2 is 1.68 bits per heavy atom. The quantitative estimate of drug-likeness (QED) is 0.119. The summed E-state index contributed by atoms with van der Waals surface area (Å²) in [6.45, 7) is 0.993. The van der Waals surface area contributed by atoms with Gasteiger partial charge < -0.3 is 47.7 Å². The van der Waals surface area contributed by atoms with Crippen LogP contribution in [0.5, 0.6) is 0 Å². The van der Waals surface area contributed by atoms with E-state index in [1.807, 2.05) is 24.3 Å². The van der Waals surface area contributed by atoms with Gasteiger partial charge in [0, 0.05) is 23.5 Å². The molecule has 3 amide bonds. The zero-order chi connectivity index (χ0) is 27.5. The maximum Gasteiger partial charge on any atom is 0.326 e. The predicted octanol–water partition coefficient (Wildman–Crippen LogP) is -1.92. The number of hydrogen-bond acceptors (Lipinski definition) is 8. The van der Waals surface area contributed by atoms with Gasteiger partial charge in [-0.3, -0.25) is 14.4 Å². The Labute approximate surface area is 214 Å². The number of unbranched alkanes of at least 4 members (excludes halogenated alkanes) is 1. The van der Waals surface area contributed by atoms with E-state index in [-0.39, 0.29) is 12.8 Å². The van der Waals surface area contributed by atoms with Crippen LogP contribution in [0.3, 0.4) is 0 Å². The topological polar surface area (TPSA) is 233 Å². The molecule has 0 radical (unpaired) electrons. The standard InChI is InChI=1S/C24H36N6O7/c1-13(32)20(23(35)28-18(24(36)37)8-4-5-9-25)30-22(34)19(29-21(33)16(26)12-31)10-14-11-27-17-7-3-2-6-15(14)17/h2-3,6-7,11,13,16,18-20,27,31-32H,4-5,8-10,12,25-26H2,1H3,(H,28,35)(H,29,33)(H,30,34)(H,36,37). The van der Waals surface area contributed by atoms with Gasteiger partial charge >= 0.3 is 5.97 Å². The smallest absolute Gasteiger partial charge is 0.326 e. The number of rotatable bonds is 15. The molecule has 13 heteroatoms. The molecule has 0 aliphatic carbocycles. The van der Waals surface area contributed by atoms with Crippen molar-refractivity contribution in [2.75, 3.05) is 13.2 Å². The molecule has 1 heterocycles. The van der Waals surface area contributed by atoms with Crippen LogP contribution < -0.4 is 27.4 Å². The number of carbonyl (C=O) groups excluding carboxylic acids is 3. The van der Waals surface area contributed by atoms with Gasteiger partial charge in [-0.15, -0.1) is 0 Å². The Morgan fingerprint density at radius 3 is 2.30 bits per heavy atom. The van der Waals surface area contributed by atoms with E-state index < -0.39 is 60.6 Å². The van der Waals surface area contributed by atoms with E-state index >= 15 is 0 Å². The number of para-hydroxylation sites is 1. The zero-order valence-corrected chi connectivity index (χ0v) is 20.6. The van der Waals surface area contributed by atoms with Gasteiger partial charge in [0.2, 0.25) is 17.7 Å². The van der Waals surface area contributed by atoms with Gasteiger partial charge in [-0.1, -0.05) is 18.2 Å². The van der Waals surface area contributed by atoms with Crippen LogP contribution in [0.1, 0.15) is 31.7 Å². The Bertz CT molecular complexity index is 1070. The highest BCUT2D eigenvalue weighted by molar-refractivity contribution is 5.95. The second kappa shape index (κ2) is 14.3. The number of aliphatic carboxylic acids is 1. The van der Waals surface area contributed by atoms with E-state index in [1.165, 1.54) is 6.92 Å². The van der Waals surface area contributed by atoms with E-state index in [1.54, 1.807) is 6.20 Å². The number of amides is 3. The Morgan fingerprint density at radius 1 is 1.00 bits per heavy atom. The lowest BCUT2D eigenvalue weighted by molar-refractivity contribution is -0.143. The molecule has 5 unspecified atom stereocenters. The van der Waals surface area contributed by atoms with Crippen LogP contribution in [0.25, 0.3) is 10.9 Å². The highest BCUT2D eigenvalue weighted by Crippen LogP contribution is 2.19. The summed E-state index contributed by atoms with van der Waals surface area (Å²) in [5, 5.41) is 36.9. The van der Waals surface area contributed by atoms with Crippen molar-refractivity contribution in [2.45, 2.75) is 62.9 Å². The number of nitrogens with one attached hydrogen (secondary N) is 4. The first kappa shape index (κ1) is 29.7. The van der Waals surface area contributed by atoms with Gasteiger partial charge in [-0.2, -0.15) is 0 Å². The molecule has 1 aromatic carbocycles. The highest BCUT2D eigenvalue weighted by Gasteiger charge is 2.33. The first-order valence-electron chi connectivity index (χ1n) is 12.0. The first-order chi connectivity index (χ1) is 17.6. The van der Waals surface area contributed by atoms with E-state index in [4.69, 9.17) is 11.5 Å². The molecule has 0 aliphatic heterocycles. The van der Waals surface area contributed by atoms with Crippen molar-refractivity contribution in [2.24, 2.45) is 11.5 Å². The summed E-state index contributed by atoms with van der Waals surface area (Å²) in [4.78, 5) is 53.1. The molecule has 204 valence electrons. The summed E-state index contributed by atoms with van der Waals surface area (Å²) in [5.41, 5.74) is 12.5. The summed E-state index contributed by atoms with van der Waals surface area (Å²) in [5.74, 6) is -3.75. The van der Waals surface area contributed by atoms with Gasteiger partial charge in [-0.25, -0.2) is 4.79 Å². The first-order valence-corrected chi connectivity index (χ1v) is 12.0. The highest BCUT2D eigenvalue weighted by atomic mass is 16.4. The lowest BCUT2D eigenvalue weighted by atomic mass is 10.0. The van der Waals surface area contributed by atoms with Crippen molar-refractivity contribution in [3.63, 3.8) is 0 Å². The van der Waals surface area contributed by atoms with Gasteiger partial charge in [0.05, 0.1) is 12.7 Å². The van der Waals surface area contributed by atoms with Gasteiger partial charge in [0.25, 0.3) is 0 Å². The van der Waals surface area contributed by atoms with E-state index in [2.05, 4.69) is 20.9 Å². The second-order valence-corrected chi connectivity index (χ2v) is 8.82. The van der Waals surface area contributed by atoms with Crippen molar-refractivity contribution >= 4 is 34.6 Å². The van der Waals surface area contributed by atoms with Crippen molar-refractivity contribution < 1.29 is 34.5 Å². The average Bonchev–Trinajstić information content (AvgIpc) is 3.27. The lowest BCUT2D eigenvalue weighted by Gasteiger charge is -2.26. The van der Waals surface area contributed by atoms with Crippen molar-refractivity contribution in [3.05, 3.63) is 36.0 Å². The lowest BCUT2D eigenvalue weighted by Crippen LogP contribution is -2.60. The summed E-state index contributed by atoms with van der Waals surface area (Å²) >= 11 is 0. The molecule has 0 saturated heterocycles. The minimum absolute atomic E-state index is 0.00469. The largest absolute Gasteiger partial charge is 0.480 e. The third-order valence-corrected chi connectivity index (χ3v) is 5.89. The fourth-order valence-corrected chi connectivity index (χ4v) is 3.76. The van der Waals surface area contributed by atoms with Crippen LogP contribution in [0, 0.1) is 0 Å². The SMILES string of the molecule is CC(O)C(NC(=O)C(Cc1c[nH]c2ccccc12)NC(=O)C(N)CO)C(=O)NC(CCCCN)C(=O)O. The number of hydrogen-bond donors (Lipinski definition) is 9. The van der Waals surface area contributed by atoms with Crippen LogP contribution in [-0.4, -0.2) is 87.4 Å². The monoisotopic (exact) mass is 520 g/mol. The van der Waals surface area contributed by atoms with Gasteiger partial charge in [0.1, 0.15) is 24.2 Å². The molecule has 0 aliphatic rings. The van der Waals surface area contributed by atoms with Crippen LogP contribution in [-0.2, 0) is 25.6 Å². The van der Waals surface area contributed by atoms with E-state index in [0.717, 1.165) is 10.9 Å². The number of H-pyrrole nitrogens is 1. The van der Waals surface area contributed by atoms with Crippen LogP contribution in [0.2, 0.25) is 0 Å². The Kier molecular flexibility index (Phi) is 11.5. The number of carboxylic acids is 1. The van der Waals surface area contributed by atoms with Gasteiger partial charge in [0.15, 0.2) is 0 Å². The number of aromatic nitrogens is 1. The molecule has 0 spiro atoms. The van der Waals surface area contributed by atoms with Crippen molar-refractivity contribution in [1.82, 2.24) is 20.9 Å². The maximum absolute atomic E-state index is 13.2. The van der Waals surface area contributed by atoms with Crippen molar-refractivity contribution in [3.8, 4) is 0 Å². The Balaban J connectivity index is 2.23. The number of nitrogens with two attached hydrogens (primary N) is 2. The molecule has 11 N–H and O–H groups in total. The number of benzene rings is 1. The zero-order valence-electron chi connectivity index (χ0n) is 20.6. The van der Waals surface area contributed by atoms with E-state index in [0.29, 0.717) is 24.9 Å². The molecule has 0 fully saturated rings. The fraction of sp³-hybridized carbons (Fsp3) is 0.500. The molecule has 2 rings (SSSR count). The predicted molar refractivity (Wildman–Crippen MR) is 135 cm³/mol. The second-order valence-electron chi connectivity index (χ2n) is 8.82. The number of fused-ring (bicyclic) bond motifs is 1. The number of aliphatic hydroxyl groups is 2. The van der Waals surface area contributed by atoms with Crippen LogP contribution >= 0.6 is 0 Å². The normalized spacial score (nSPS) is 15.3. The molecule has 13 nitrogen and oxygen atoms in total. The molecular formula is C24H36N6O7. The summed E-state index contributed by atoms with van der Waals surface area (Å²) in [6, 6.07) is 2.08. The molecule has 37 heavy (non-hydrogen) atoms. The molecule has 0 bridgehead atoms. The Hall–Kier alpha value is -3.52. The number of aromatic amines is 1. The molecule has 1 aromatic heterocycles. The minimum Gasteiger partial charge on any atom is -0.480 e. The summed E-state index contributed by atoms with van der Waals surface area (Å²) in [6.07, 6.45) is 1.46. The van der Waals surface area contributed by atoms with Crippen LogP contribution in [0.4, 0.5) is 0 Å². The van der Waals surface area contributed by atoms with Gasteiger partial charge in [-0.05, 0) is 44.4 Å². The van der Waals surface area contributed by atoms with Crippen LogP contribution in [0.15, 0.2) is 30.5 Å². The number of carboxylic acid groups (broad SMARTS) is 1. The number of carbonyl (C=O) groups is 4. The fourth-order valence-electron chi connectivity index (χ4n) is 3.76. The van der Waals surface area contributed by atoms with E-state index in [9.17, 15) is 34.5 Å². The van der Waals surface area contributed by atoms with Crippen molar-refractivity contribution in [1.29, 1.82) is 0 Å². The summed E-state index contributed by atoms with van der Waals surface area (Å²) in [7, 11) is 0. The molecule has 2 aromatic rings. The third kappa shape index (κ3) is 8.53. The molecular weight excluding hydrogens is 484 g/mol. The molecule has 0 saturated carbocycles. The minimum atomic E-state index is -1.50. The average molecular weight is 521 g/mol. The maximum atomic E-state index is 13.2. The summed E-state index contributed by atoms with van der Waals surface area (Å²) < 4.78 is 0. The number of aliphatic hydroxyl groups excluding tert-OH is 2. The third-order valence-electron chi connectivity index (χ3n) is 5.89.